The van der Waals surface area contributed by atoms with Crippen molar-refractivity contribution in [3.05, 3.63) is 52.3 Å². The van der Waals surface area contributed by atoms with Gasteiger partial charge in [-0.1, -0.05) is 24.3 Å². The van der Waals surface area contributed by atoms with E-state index in [1.54, 1.807) is 6.34 Å². The SMILES string of the molecule is Cc1oc2c(c1C(=O)NCCN1CCc3ccccc3C1)C1=NCCN1C=N2. The van der Waals surface area contributed by atoms with E-state index in [0.717, 1.165) is 44.0 Å². The number of furan rings is 1. The fraction of sp³-hybridized carbons (Fsp3) is 0.381. The normalized spacial score (nSPS) is 17.8. The number of hydrogen-bond acceptors (Lipinski definition) is 6. The topological polar surface area (TPSA) is 73.4 Å². The number of amidine groups is 1. The highest BCUT2D eigenvalue weighted by Crippen LogP contribution is 2.34. The molecule has 3 aliphatic rings. The number of carbonyl (C=O) groups excluding carboxylic acids is 1. The van der Waals surface area contributed by atoms with Crippen LogP contribution >= 0.6 is 0 Å². The lowest BCUT2D eigenvalue weighted by Gasteiger charge is -2.28. The van der Waals surface area contributed by atoms with E-state index >= 15 is 0 Å². The number of carbonyl (C=O) groups is 1. The largest absolute Gasteiger partial charge is 0.442 e. The fourth-order valence-electron chi connectivity index (χ4n) is 4.18. The van der Waals surface area contributed by atoms with Crippen LogP contribution in [0.1, 0.15) is 32.8 Å². The van der Waals surface area contributed by atoms with Crippen molar-refractivity contribution in [2.75, 3.05) is 32.7 Å². The van der Waals surface area contributed by atoms with Crippen LogP contribution in [0.5, 0.6) is 0 Å². The molecule has 7 heteroatoms. The molecule has 1 N–H and O–H groups in total. The van der Waals surface area contributed by atoms with E-state index in [2.05, 4.69) is 44.5 Å². The predicted molar refractivity (Wildman–Crippen MR) is 107 cm³/mol. The molecule has 0 aliphatic carbocycles. The van der Waals surface area contributed by atoms with Crippen LogP contribution in [0, 0.1) is 6.92 Å². The summed E-state index contributed by atoms with van der Waals surface area (Å²) in [7, 11) is 0. The number of aryl methyl sites for hydroxylation is 1. The van der Waals surface area contributed by atoms with Crippen LogP contribution in [0.25, 0.3) is 0 Å². The van der Waals surface area contributed by atoms with Crippen LogP contribution in [-0.2, 0) is 13.0 Å². The van der Waals surface area contributed by atoms with Crippen molar-refractivity contribution in [2.24, 2.45) is 9.98 Å². The van der Waals surface area contributed by atoms with Crippen LogP contribution in [-0.4, -0.2) is 60.6 Å². The van der Waals surface area contributed by atoms with Gasteiger partial charge in [-0.15, -0.1) is 0 Å². The van der Waals surface area contributed by atoms with Crippen LogP contribution in [0.4, 0.5) is 5.88 Å². The standard InChI is InChI=1S/C21H23N5O2/c1-14-17(18-19-22-8-11-26(19)13-24-21(18)28-14)20(27)23-7-10-25-9-6-15-4-2-3-5-16(15)12-25/h2-5,13H,6-12H2,1H3,(H,23,27). The van der Waals surface area contributed by atoms with E-state index in [9.17, 15) is 4.79 Å². The highest BCUT2D eigenvalue weighted by atomic mass is 16.4. The molecule has 1 aromatic heterocycles. The fourth-order valence-corrected chi connectivity index (χ4v) is 4.18. The number of nitrogens with zero attached hydrogens (tertiary/aromatic N) is 4. The van der Waals surface area contributed by atoms with Crippen LogP contribution < -0.4 is 5.32 Å². The third-order valence-corrected chi connectivity index (χ3v) is 5.63. The number of rotatable bonds is 4. The van der Waals surface area contributed by atoms with E-state index in [-0.39, 0.29) is 5.91 Å². The second-order valence-electron chi connectivity index (χ2n) is 7.41. The summed E-state index contributed by atoms with van der Waals surface area (Å²) in [6, 6.07) is 8.58. The van der Waals surface area contributed by atoms with E-state index in [0.29, 0.717) is 30.3 Å². The molecular weight excluding hydrogens is 354 g/mol. The highest BCUT2D eigenvalue weighted by Gasteiger charge is 2.33. The summed E-state index contributed by atoms with van der Waals surface area (Å²) >= 11 is 0. The van der Waals surface area contributed by atoms with Gasteiger partial charge in [0.15, 0.2) is 0 Å². The van der Waals surface area contributed by atoms with E-state index in [1.807, 2.05) is 11.8 Å². The molecule has 0 bridgehead atoms. The summed E-state index contributed by atoms with van der Waals surface area (Å²) < 4.78 is 5.73. The number of benzene rings is 1. The van der Waals surface area contributed by atoms with Gasteiger partial charge in [-0.25, -0.2) is 4.99 Å². The van der Waals surface area contributed by atoms with Crippen molar-refractivity contribution in [2.45, 2.75) is 19.9 Å². The Morgan fingerprint density at radius 3 is 3.00 bits per heavy atom. The zero-order valence-electron chi connectivity index (χ0n) is 15.9. The smallest absolute Gasteiger partial charge is 0.255 e. The molecule has 5 rings (SSSR count). The number of nitrogens with one attached hydrogen (secondary N) is 1. The van der Waals surface area contributed by atoms with Crippen molar-refractivity contribution in [1.82, 2.24) is 15.1 Å². The van der Waals surface area contributed by atoms with Gasteiger partial charge in [0, 0.05) is 32.7 Å². The Balaban J connectivity index is 1.25. The minimum Gasteiger partial charge on any atom is -0.442 e. The zero-order chi connectivity index (χ0) is 19.1. The third kappa shape index (κ3) is 2.92. The molecule has 1 aromatic carbocycles. The first kappa shape index (κ1) is 17.2. The van der Waals surface area contributed by atoms with Crippen LogP contribution in [0.2, 0.25) is 0 Å². The molecule has 0 saturated carbocycles. The molecule has 0 fully saturated rings. The Bertz CT molecular complexity index is 991. The van der Waals surface area contributed by atoms with Crippen molar-refractivity contribution < 1.29 is 9.21 Å². The summed E-state index contributed by atoms with van der Waals surface area (Å²) in [6.45, 7) is 6.69. The third-order valence-electron chi connectivity index (χ3n) is 5.63. The summed E-state index contributed by atoms with van der Waals surface area (Å²) in [6.07, 6.45) is 2.79. The van der Waals surface area contributed by atoms with Crippen molar-refractivity contribution >= 4 is 24.0 Å². The summed E-state index contributed by atoms with van der Waals surface area (Å²) in [5.41, 5.74) is 4.10. The van der Waals surface area contributed by atoms with E-state index in [4.69, 9.17) is 4.42 Å². The minimum atomic E-state index is -0.119. The first-order chi connectivity index (χ1) is 13.7. The molecule has 0 unspecified atom stereocenters. The molecule has 144 valence electrons. The molecule has 0 spiro atoms. The first-order valence-electron chi connectivity index (χ1n) is 9.77. The molecule has 0 saturated heterocycles. The molecule has 28 heavy (non-hydrogen) atoms. The Morgan fingerprint density at radius 2 is 2.11 bits per heavy atom. The van der Waals surface area contributed by atoms with Crippen molar-refractivity contribution in [3.63, 3.8) is 0 Å². The molecule has 2 aromatic rings. The van der Waals surface area contributed by atoms with E-state index < -0.39 is 0 Å². The number of fused-ring (bicyclic) bond motifs is 4. The van der Waals surface area contributed by atoms with Gasteiger partial charge in [0.25, 0.3) is 5.91 Å². The summed E-state index contributed by atoms with van der Waals surface area (Å²) in [4.78, 5) is 26.1. The molecular formula is C21H23N5O2. The van der Waals surface area contributed by atoms with Crippen molar-refractivity contribution in [1.29, 1.82) is 0 Å². The van der Waals surface area contributed by atoms with Crippen LogP contribution in [0.3, 0.4) is 0 Å². The molecule has 4 heterocycles. The predicted octanol–water partition coefficient (Wildman–Crippen LogP) is 2.11. The number of amides is 1. The summed E-state index contributed by atoms with van der Waals surface area (Å²) in [5, 5.41) is 3.06. The van der Waals surface area contributed by atoms with Gasteiger partial charge in [0.2, 0.25) is 5.88 Å². The Labute approximate surface area is 163 Å². The van der Waals surface area contributed by atoms with Gasteiger partial charge in [0.1, 0.15) is 17.9 Å². The maximum absolute atomic E-state index is 12.9. The maximum atomic E-state index is 12.9. The molecule has 1 amide bonds. The van der Waals surface area contributed by atoms with Crippen LogP contribution in [0.15, 0.2) is 38.7 Å². The number of hydrogen-bond donors (Lipinski definition) is 1. The first-order valence-corrected chi connectivity index (χ1v) is 9.77. The van der Waals surface area contributed by atoms with Gasteiger partial charge in [-0.2, -0.15) is 0 Å². The van der Waals surface area contributed by atoms with Gasteiger partial charge in [0.05, 0.1) is 17.7 Å². The average molecular weight is 377 g/mol. The average Bonchev–Trinajstić information content (AvgIpc) is 3.31. The lowest BCUT2D eigenvalue weighted by Crippen LogP contribution is -2.38. The highest BCUT2D eigenvalue weighted by molar-refractivity contribution is 6.17. The Kier molecular flexibility index (Phi) is 4.24. The van der Waals surface area contributed by atoms with Gasteiger partial charge < -0.3 is 14.6 Å². The minimum absolute atomic E-state index is 0.119. The lowest BCUT2D eigenvalue weighted by molar-refractivity contribution is 0.0945. The second kappa shape index (κ2) is 6.91. The van der Waals surface area contributed by atoms with Gasteiger partial charge in [-0.05, 0) is 24.5 Å². The molecule has 0 atom stereocenters. The summed E-state index contributed by atoms with van der Waals surface area (Å²) in [5.74, 6) is 1.74. The monoisotopic (exact) mass is 377 g/mol. The van der Waals surface area contributed by atoms with Crippen molar-refractivity contribution in [3.8, 4) is 0 Å². The Morgan fingerprint density at radius 1 is 1.25 bits per heavy atom. The lowest BCUT2D eigenvalue weighted by atomic mass is 10.00. The quantitative estimate of drug-likeness (QED) is 0.886. The second-order valence-corrected chi connectivity index (χ2v) is 7.41. The molecule has 3 aliphatic heterocycles. The Hall–Kier alpha value is -2.93. The van der Waals surface area contributed by atoms with Gasteiger partial charge in [-0.3, -0.25) is 14.7 Å². The molecule has 0 radical (unpaired) electrons. The van der Waals surface area contributed by atoms with Gasteiger partial charge >= 0.3 is 0 Å². The van der Waals surface area contributed by atoms with E-state index in [1.165, 1.54) is 11.1 Å². The zero-order valence-corrected chi connectivity index (χ0v) is 15.9. The molecule has 7 nitrogen and oxygen atoms in total. The maximum Gasteiger partial charge on any atom is 0.255 e. The number of aliphatic imine (C=N–C) groups is 2.